The third kappa shape index (κ3) is 3.06. The zero-order valence-electron chi connectivity index (χ0n) is 12.1. The summed E-state index contributed by atoms with van der Waals surface area (Å²) >= 11 is 0. The molecule has 2 N–H and O–H groups in total. The fourth-order valence-electron chi connectivity index (χ4n) is 2.27. The number of nitrogen functional groups attached to an aromatic ring is 1. The van der Waals surface area contributed by atoms with Gasteiger partial charge in [-0.25, -0.2) is 4.79 Å². The van der Waals surface area contributed by atoms with E-state index < -0.39 is 0 Å². The van der Waals surface area contributed by atoms with Crippen LogP contribution in [-0.4, -0.2) is 19.8 Å². The Morgan fingerprint density at radius 3 is 2.41 bits per heavy atom. The third-order valence-corrected chi connectivity index (χ3v) is 3.46. The van der Waals surface area contributed by atoms with Crippen molar-refractivity contribution in [3.8, 4) is 5.69 Å². The minimum absolute atomic E-state index is 0.238. The lowest BCUT2D eigenvalue weighted by atomic mass is 10.1. The molecule has 0 saturated carbocycles. The molecule has 112 valence electrons. The first-order valence-corrected chi connectivity index (χ1v) is 7.17. The van der Waals surface area contributed by atoms with Crippen molar-refractivity contribution in [1.82, 2.24) is 19.8 Å². The first-order valence-electron chi connectivity index (χ1n) is 7.17. The molecule has 0 spiro atoms. The van der Waals surface area contributed by atoms with Gasteiger partial charge in [-0.3, -0.25) is 0 Å². The van der Waals surface area contributed by atoms with Crippen molar-refractivity contribution in [2.75, 3.05) is 5.73 Å². The Morgan fingerprint density at radius 2 is 1.68 bits per heavy atom. The van der Waals surface area contributed by atoms with Crippen molar-refractivity contribution < 1.29 is 0 Å². The summed E-state index contributed by atoms with van der Waals surface area (Å²) in [5.41, 5.74) is 7.96. The summed E-state index contributed by atoms with van der Waals surface area (Å²) in [6.07, 6.45) is 1.74. The second-order valence-electron chi connectivity index (χ2n) is 5.08. The number of rotatable bonds is 5. The standard InChI is InChI=1S/C16H17N5O/c17-14-8-10-15(11-9-14)21-16(22)20(18-19-21)12-4-7-13-5-2-1-3-6-13/h1-3,5-6,8-11H,4,7,12,17H2. The molecule has 6 heteroatoms. The van der Waals surface area contributed by atoms with Crippen molar-refractivity contribution in [2.45, 2.75) is 19.4 Å². The number of aromatic nitrogens is 4. The SMILES string of the molecule is Nc1ccc(-n2nnn(CCCc3ccccc3)c2=O)cc1. The average Bonchev–Trinajstić information content (AvgIpc) is 2.90. The van der Waals surface area contributed by atoms with Gasteiger partial charge in [0.25, 0.3) is 0 Å². The van der Waals surface area contributed by atoms with Crippen LogP contribution in [0.3, 0.4) is 0 Å². The molecular formula is C16H17N5O. The number of hydrogen-bond acceptors (Lipinski definition) is 4. The molecule has 0 atom stereocenters. The topological polar surface area (TPSA) is 78.7 Å². The van der Waals surface area contributed by atoms with Crippen LogP contribution in [0.4, 0.5) is 5.69 Å². The zero-order chi connectivity index (χ0) is 15.4. The van der Waals surface area contributed by atoms with Gasteiger partial charge in [-0.1, -0.05) is 30.3 Å². The molecule has 3 rings (SSSR count). The Morgan fingerprint density at radius 1 is 0.955 bits per heavy atom. The van der Waals surface area contributed by atoms with Crippen molar-refractivity contribution in [3.63, 3.8) is 0 Å². The number of hydrogen-bond donors (Lipinski definition) is 1. The molecule has 0 aliphatic carbocycles. The molecule has 6 nitrogen and oxygen atoms in total. The van der Waals surface area contributed by atoms with E-state index in [2.05, 4.69) is 22.6 Å². The Labute approximate surface area is 127 Å². The van der Waals surface area contributed by atoms with Crippen molar-refractivity contribution in [3.05, 3.63) is 70.6 Å². The van der Waals surface area contributed by atoms with Crippen molar-refractivity contribution in [2.24, 2.45) is 0 Å². The maximum absolute atomic E-state index is 12.3. The Hall–Kier alpha value is -2.89. The van der Waals surface area contributed by atoms with Crippen molar-refractivity contribution >= 4 is 5.69 Å². The van der Waals surface area contributed by atoms with E-state index in [1.165, 1.54) is 14.9 Å². The van der Waals surface area contributed by atoms with Crippen LogP contribution in [0.2, 0.25) is 0 Å². The highest BCUT2D eigenvalue weighted by Gasteiger charge is 2.08. The van der Waals surface area contributed by atoms with Crippen LogP contribution in [0.15, 0.2) is 59.4 Å². The normalized spacial score (nSPS) is 10.7. The summed E-state index contributed by atoms with van der Waals surface area (Å²) in [7, 11) is 0. The highest BCUT2D eigenvalue weighted by Crippen LogP contribution is 2.07. The molecule has 0 amide bonds. The van der Waals surface area contributed by atoms with Crippen LogP contribution < -0.4 is 11.4 Å². The number of nitrogens with two attached hydrogens (primary N) is 1. The molecule has 0 radical (unpaired) electrons. The Balaban J connectivity index is 1.68. The largest absolute Gasteiger partial charge is 0.399 e. The summed E-state index contributed by atoms with van der Waals surface area (Å²) < 4.78 is 2.67. The van der Waals surface area contributed by atoms with Crippen LogP contribution in [0, 0.1) is 0 Å². The van der Waals surface area contributed by atoms with Gasteiger partial charge in [0.15, 0.2) is 0 Å². The molecule has 0 unspecified atom stereocenters. The molecular weight excluding hydrogens is 278 g/mol. The van der Waals surface area contributed by atoms with Gasteiger partial charge < -0.3 is 5.73 Å². The number of nitrogens with zero attached hydrogens (tertiary/aromatic N) is 4. The van der Waals surface area contributed by atoms with E-state index in [4.69, 9.17) is 5.73 Å². The van der Waals surface area contributed by atoms with Crippen LogP contribution in [0.1, 0.15) is 12.0 Å². The first-order chi connectivity index (χ1) is 10.7. The number of aryl methyl sites for hydroxylation is 2. The van der Waals surface area contributed by atoms with Gasteiger partial charge in [0.2, 0.25) is 0 Å². The van der Waals surface area contributed by atoms with Crippen molar-refractivity contribution in [1.29, 1.82) is 0 Å². The van der Waals surface area contributed by atoms with Crippen LogP contribution in [0.5, 0.6) is 0 Å². The summed E-state index contributed by atoms with van der Waals surface area (Å²) in [5, 5.41) is 7.85. The quantitative estimate of drug-likeness (QED) is 0.726. The highest BCUT2D eigenvalue weighted by atomic mass is 16.2. The van der Waals surface area contributed by atoms with Gasteiger partial charge in [0.05, 0.1) is 5.69 Å². The number of benzene rings is 2. The molecule has 0 aliphatic rings. The van der Waals surface area contributed by atoms with Gasteiger partial charge in [-0.2, -0.15) is 9.36 Å². The van der Waals surface area contributed by atoms with E-state index in [1.54, 1.807) is 24.3 Å². The molecule has 22 heavy (non-hydrogen) atoms. The first kappa shape index (κ1) is 14.1. The van der Waals surface area contributed by atoms with E-state index in [0.29, 0.717) is 17.9 Å². The second kappa shape index (κ2) is 6.26. The minimum atomic E-state index is -0.238. The Bertz CT molecular complexity index is 789. The maximum Gasteiger partial charge on any atom is 0.368 e. The minimum Gasteiger partial charge on any atom is -0.399 e. The van der Waals surface area contributed by atoms with Gasteiger partial charge in [0, 0.05) is 12.2 Å². The number of anilines is 1. The van der Waals surface area contributed by atoms with E-state index in [9.17, 15) is 4.79 Å². The van der Waals surface area contributed by atoms with E-state index in [1.807, 2.05) is 18.2 Å². The summed E-state index contributed by atoms with van der Waals surface area (Å²) in [5.74, 6) is 0. The fraction of sp³-hybridized carbons (Fsp3) is 0.188. The zero-order valence-corrected chi connectivity index (χ0v) is 12.1. The van der Waals surface area contributed by atoms with Gasteiger partial charge in [-0.05, 0) is 53.1 Å². The lowest BCUT2D eigenvalue weighted by Gasteiger charge is -2.01. The monoisotopic (exact) mass is 295 g/mol. The summed E-state index contributed by atoms with van der Waals surface area (Å²) in [6.45, 7) is 0.544. The lowest BCUT2D eigenvalue weighted by molar-refractivity contribution is 0.545. The highest BCUT2D eigenvalue weighted by molar-refractivity contribution is 5.44. The van der Waals surface area contributed by atoms with Crippen LogP contribution in [-0.2, 0) is 13.0 Å². The Kier molecular flexibility index (Phi) is 4.00. The fourth-order valence-corrected chi connectivity index (χ4v) is 2.27. The molecule has 1 heterocycles. The molecule has 2 aromatic carbocycles. The smallest absolute Gasteiger partial charge is 0.368 e. The van der Waals surface area contributed by atoms with Gasteiger partial charge in [-0.15, -0.1) is 0 Å². The number of tetrazole rings is 1. The molecule has 0 aliphatic heterocycles. The van der Waals surface area contributed by atoms with Crippen LogP contribution in [0.25, 0.3) is 5.69 Å². The summed E-state index contributed by atoms with van der Waals surface area (Å²) in [6, 6.07) is 17.1. The van der Waals surface area contributed by atoms with E-state index in [0.717, 1.165) is 12.8 Å². The molecule has 0 saturated heterocycles. The third-order valence-electron chi connectivity index (χ3n) is 3.46. The maximum atomic E-state index is 12.3. The predicted molar refractivity (Wildman–Crippen MR) is 84.8 cm³/mol. The van der Waals surface area contributed by atoms with Gasteiger partial charge in [0.1, 0.15) is 0 Å². The molecule has 1 aromatic heterocycles. The molecule has 3 aromatic rings. The summed E-state index contributed by atoms with van der Waals surface area (Å²) in [4.78, 5) is 12.3. The average molecular weight is 295 g/mol. The second-order valence-corrected chi connectivity index (χ2v) is 5.08. The van der Waals surface area contributed by atoms with Crippen LogP contribution >= 0.6 is 0 Å². The lowest BCUT2D eigenvalue weighted by Crippen LogP contribution is -2.24. The van der Waals surface area contributed by atoms with E-state index in [-0.39, 0.29) is 5.69 Å². The van der Waals surface area contributed by atoms with E-state index >= 15 is 0 Å². The van der Waals surface area contributed by atoms with Gasteiger partial charge >= 0.3 is 5.69 Å². The molecule has 0 fully saturated rings. The predicted octanol–water partition coefficient (Wildman–Crippen LogP) is 1.64. The molecule has 0 bridgehead atoms.